The minimum atomic E-state index is -0.484. The van der Waals surface area contributed by atoms with Crippen LogP contribution >= 0.6 is 11.6 Å². The van der Waals surface area contributed by atoms with Gasteiger partial charge in [0.05, 0.1) is 7.11 Å². The van der Waals surface area contributed by atoms with E-state index in [2.05, 4.69) is 57.4 Å². The molecule has 0 saturated carbocycles. The van der Waals surface area contributed by atoms with Gasteiger partial charge in [0.1, 0.15) is 6.61 Å². The molecule has 0 amide bonds. The molecule has 0 bridgehead atoms. The first-order valence-electron chi connectivity index (χ1n) is 16.4. The molecule has 1 aliphatic heterocycles. The fourth-order valence-electron chi connectivity index (χ4n) is 7.55. The molecule has 6 rings (SSSR count). The number of benzene rings is 3. The van der Waals surface area contributed by atoms with Gasteiger partial charge >= 0.3 is 0 Å². The zero-order chi connectivity index (χ0) is 33.5. The van der Waals surface area contributed by atoms with E-state index in [-0.39, 0.29) is 22.4 Å². The highest BCUT2D eigenvalue weighted by atomic mass is 35.5. The maximum Gasteiger partial charge on any atom is 0.165 e. The van der Waals surface area contributed by atoms with Gasteiger partial charge in [0, 0.05) is 58.4 Å². The van der Waals surface area contributed by atoms with Gasteiger partial charge in [-0.2, -0.15) is 0 Å². The van der Waals surface area contributed by atoms with Crippen molar-refractivity contribution >= 4 is 23.2 Å². The van der Waals surface area contributed by atoms with Crippen molar-refractivity contribution in [3.05, 3.63) is 129 Å². The van der Waals surface area contributed by atoms with E-state index in [4.69, 9.17) is 21.1 Å². The van der Waals surface area contributed by atoms with Crippen molar-refractivity contribution in [2.75, 3.05) is 7.11 Å². The molecule has 1 heterocycles. The second-order valence-electron chi connectivity index (χ2n) is 14.7. The van der Waals surface area contributed by atoms with E-state index >= 15 is 0 Å². The first-order valence-corrected chi connectivity index (χ1v) is 16.8. The fraction of sp³-hybridized carbons (Fsp3) is 0.366. The highest BCUT2D eigenvalue weighted by Gasteiger charge is 2.49. The number of ketones is 2. The van der Waals surface area contributed by atoms with Crippen molar-refractivity contribution in [2.24, 2.45) is 10.8 Å². The number of allylic oxidation sites excluding steroid dienone is 5. The molecule has 0 radical (unpaired) electrons. The van der Waals surface area contributed by atoms with Crippen molar-refractivity contribution < 1.29 is 19.1 Å². The number of halogens is 1. The van der Waals surface area contributed by atoms with Gasteiger partial charge in [-0.05, 0) is 65.0 Å². The van der Waals surface area contributed by atoms with Crippen LogP contribution in [0.2, 0.25) is 5.02 Å². The van der Waals surface area contributed by atoms with Gasteiger partial charge in [0.2, 0.25) is 0 Å². The van der Waals surface area contributed by atoms with E-state index in [0.717, 1.165) is 57.6 Å². The van der Waals surface area contributed by atoms with Crippen molar-refractivity contribution in [3.63, 3.8) is 0 Å². The molecule has 244 valence electrons. The first kappa shape index (κ1) is 32.8. The SMILES string of the molecule is C=CCc1cc(C2C3=C(CC(C)(C)CC3=O)N(Cc3ccccc3)C3=C2C(=O)CC(C)(C)C3)cc(OC)c1OCc1ccc(Cl)cc1. The first-order chi connectivity index (χ1) is 22.4. The molecule has 0 atom stereocenters. The average Bonchev–Trinajstić information content (AvgIpc) is 3.01. The smallest absolute Gasteiger partial charge is 0.165 e. The molecule has 3 aliphatic rings. The van der Waals surface area contributed by atoms with Gasteiger partial charge in [0.25, 0.3) is 0 Å². The fourth-order valence-corrected chi connectivity index (χ4v) is 7.67. The third kappa shape index (κ3) is 6.69. The summed E-state index contributed by atoms with van der Waals surface area (Å²) in [5, 5.41) is 0.668. The number of Topliss-reactive ketones (excluding diaryl/α,β-unsaturated/α-hetero) is 2. The van der Waals surface area contributed by atoms with E-state index in [1.165, 1.54) is 0 Å². The molecular weight excluding hydrogens is 606 g/mol. The molecule has 0 unspecified atom stereocenters. The maximum absolute atomic E-state index is 14.3. The van der Waals surface area contributed by atoms with Crippen LogP contribution in [0.25, 0.3) is 0 Å². The summed E-state index contributed by atoms with van der Waals surface area (Å²) in [6.07, 6.45) is 4.75. The van der Waals surface area contributed by atoms with Crippen LogP contribution in [0.5, 0.6) is 11.5 Å². The van der Waals surface area contributed by atoms with Crippen LogP contribution in [-0.2, 0) is 29.2 Å². The van der Waals surface area contributed by atoms with E-state index in [0.29, 0.717) is 48.9 Å². The topological polar surface area (TPSA) is 55.8 Å². The molecule has 5 nitrogen and oxygen atoms in total. The Bertz CT molecular complexity index is 1730. The lowest BCUT2D eigenvalue weighted by molar-refractivity contribution is -0.119. The molecule has 6 heteroatoms. The lowest BCUT2D eigenvalue weighted by Crippen LogP contribution is -2.44. The Labute approximate surface area is 283 Å². The quantitative estimate of drug-likeness (QED) is 0.216. The molecule has 2 aliphatic carbocycles. The maximum atomic E-state index is 14.3. The summed E-state index contributed by atoms with van der Waals surface area (Å²) in [4.78, 5) is 31.0. The van der Waals surface area contributed by atoms with Crippen LogP contribution in [0.4, 0.5) is 0 Å². The molecule has 47 heavy (non-hydrogen) atoms. The lowest BCUT2D eigenvalue weighted by atomic mass is 9.63. The van der Waals surface area contributed by atoms with Crippen LogP contribution in [0, 0.1) is 10.8 Å². The number of methoxy groups -OCH3 is 1. The standard InChI is InChI=1S/C41H44ClNO4/c1-7-11-28-18-29(19-35(46-6)39(28)47-25-27-14-16-30(42)17-15-27)36-37-31(20-40(2,3)22-33(37)44)43(24-26-12-9-8-10-13-26)32-21-41(4,5)23-34(45)38(32)36/h7-10,12-19,36H,1,11,20-25H2,2-6H3. The third-order valence-corrected chi connectivity index (χ3v) is 9.83. The average molecular weight is 650 g/mol. The van der Waals surface area contributed by atoms with Crippen molar-refractivity contribution in [1.82, 2.24) is 4.90 Å². The number of nitrogens with zero attached hydrogens (tertiary/aromatic N) is 1. The Hall–Kier alpha value is -4.09. The van der Waals surface area contributed by atoms with E-state index in [9.17, 15) is 9.59 Å². The molecule has 0 spiro atoms. The zero-order valence-electron chi connectivity index (χ0n) is 28.1. The number of carbonyl (C=O) groups is 2. The Balaban J connectivity index is 1.53. The third-order valence-electron chi connectivity index (χ3n) is 9.57. The second-order valence-corrected chi connectivity index (χ2v) is 15.2. The van der Waals surface area contributed by atoms with Gasteiger partial charge in [-0.25, -0.2) is 0 Å². The second kappa shape index (κ2) is 12.8. The monoisotopic (exact) mass is 649 g/mol. The lowest BCUT2D eigenvalue weighted by Gasteiger charge is -2.49. The molecule has 3 aromatic carbocycles. The number of ether oxygens (including phenoxy) is 2. The summed E-state index contributed by atoms with van der Waals surface area (Å²) < 4.78 is 12.4. The summed E-state index contributed by atoms with van der Waals surface area (Å²) in [7, 11) is 1.63. The Morgan fingerprint density at radius 3 is 2.00 bits per heavy atom. The summed E-state index contributed by atoms with van der Waals surface area (Å²) in [6.45, 7) is 13.6. The summed E-state index contributed by atoms with van der Waals surface area (Å²) in [6, 6.07) is 22.0. The van der Waals surface area contributed by atoms with Crippen LogP contribution in [0.15, 0.2) is 102 Å². The predicted octanol–water partition coefficient (Wildman–Crippen LogP) is 9.54. The van der Waals surface area contributed by atoms with E-state index in [1.807, 2.05) is 54.6 Å². The van der Waals surface area contributed by atoms with Crippen LogP contribution < -0.4 is 9.47 Å². The number of hydrogen-bond acceptors (Lipinski definition) is 5. The van der Waals surface area contributed by atoms with Gasteiger partial charge < -0.3 is 14.4 Å². The molecule has 0 aromatic heterocycles. The van der Waals surface area contributed by atoms with E-state index in [1.54, 1.807) is 7.11 Å². The van der Waals surface area contributed by atoms with Crippen molar-refractivity contribution in [3.8, 4) is 11.5 Å². The zero-order valence-corrected chi connectivity index (χ0v) is 28.9. The summed E-state index contributed by atoms with van der Waals surface area (Å²) in [5.41, 5.74) is 7.05. The van der Waals surface area contributed by atoms with Crippen LogP contribution in [0.1, 0.15) is 81.5 Å². The van der Waals surface area contributed by atoms with Crippen molar-refractivity contribution in [1.29, 1.82) is 0 Å². The molecule has 0 N–H and O–H groups in total. The van der Waals surface area contributed by atoms with Gasteiger partial charge in [-0.1, -0.05) is 93.9 Å². The predicted molar refractivity (Wildman–Crippen MR) is 188 cm³/mol. The van der Waals surface area contributed by atoms with Gasteiger partial charge in [0.15, 0.2) is 23.1 Å². The van der Waals surface area contributed by atoms with Crippen LogP contribution in [-0.4, -0.2) is 23.6 Å². The Kier molecular flexibility index (Phi) is 8.97. The minimum Gasteiger partial charge on any atom is -0.493 e. The van der Waals surface area contributed by atoms with Gasteiger partial charge in [-0.3, -0.25) is 9.59 Å². The van der Waals surface area contributed by atoms with Crippen LogP contribution in [0.3, 0.4) is 0 Å². The number of hydrogen-bond donors (Lipinski definition) is 0. The highest BCUT2D eigenvalue weighted by Crippen LogP contribution is 2.55. The molecule has 0 saturated heterocycles. The Morgan fingerprint density at radius 1 is 0.851 bits per heavy atom. The molecule has 0 fully saturated rings. The van der Waals surface area contributed by atoms with Gasteiger partial charge in [-0.15, -0.1) is 6.58 Å². The van der Waals surface area contributed by atoms with Crippen molar-refractivity contribution in [2.45, 2.75) is 78.9 Å². The highest BCUT2D eigenvalue weighted by molar-refractivity contribution is 6.30. The largest absolute Gasteiger partial charge is 0.493 e. The minimum absolute atomic E-state index is 0.107. The Morgan fingerprint density at radius 2 is 1.45 bits per heavy atom. The van der Waals surface area contributed by atoms with E-state index < -0.39 is 5.92 Å². The number of carbonyl (C=O) groups excluding carboxylic acids is 2. The molecule has 3 aromatic rings. The summed E-state index contributed by atoms with van der Waals surface area (Å²) >= 11 is 6.10. The number of rotatable bonds is 9. The summed E-state index contributed by atoms with van der Waals surface area (Å²) in [5.74, 6) is 0.924. The normalized spacial score (nSPS) is 19.0. The molecular formula is C41H44ClNO4.